The third-order valence-corrected chi connectivity index (χ3v) is 9.36. The van der Waals surface area contributed by atoms with Crippen molar-refractivity contribution in [2.24, 2.45) is 29.4 Å². The van der Waals surface area contributed by atoms with Gasteiger partial charge < -0.3 is 16.8 Å². The Balaban J connectivity index is 1.08. The topological polar surface area (TPSA) is 65.7 Å². The molecule has 0 atom stereocenters. The molecule has 0 radical (unpaired) electrons. The maximum atomic E-state index is 6.09. The van der Waals surface area contributed by atoms with Crippen molar-refractivity contribution in [2.45, 2.75) is 140 Å². The van der Waals surface area contributed by atoms with Crippen LogP contribution in [0.5, 0.6) is 0 Å². The molecule has 4 fully saturated rings. The van der Waals surface area contributed by atoms with Crippen molar-refractivity contribution in [1.29, 1.82) is 0 Å². The molecule has 0 aliphatic heterocycles. The van der Waals surface area contributed by atoms with Gasteiger partial charge in [0.1, 0.15) is 0 Å². The van der Waals surface area contributed by atoms with Gasteiger partial charge in [0.05, 0.1) is 6.04 Å². The number of hydrogen-bond donors (Lipinski definition) is 3. The first-order valence-electron chi connectivity index (χ1n) is 13.5. The molecule has 0 heterocycles. The average molecular weight is 405 g/mol. The summed E-state index contributed by atoms with van der Waals surface area (Å²) >= 11 is 0. The molecule has 168 valence electrons. The maximum absolute atomic E-state index is 6.09. The Kier molecular flexibility index (Phi) is 8.34. The fourth-order valence-electron chi connectivity index (χ4n) is 7.30. The molecule has 29 heavy (non-hydrogen) atoms. The van der Waals surface area contributed by atoms with E-state index in [9.17, 15) is 0 Å². The van der Waals surface area contributed by atoms with Gasteiger partial charge in [0.25, 0.3) is 0 Å². The highest BCUT2D eigenvalue weighted by Crippen LogP contribution is 2.37. The van der Waals surface area contributed by atoms with E-state index in [2.05, 4.69) is 11.1 Å². The van der Waals surface area contributed by atoms with Gasteiger partial charge in [-0.15, -0.1) is 0 Å². The molecule has 0 aromatic carbocycles. The summed E-state index contributed by atoms with van der Waals surface area (Å²) in [5.41, 5.74) is 10.4. The van der Waals surface area contributed by atoms with E-state index >= 15 is 0 Å². The first-order chi connectivity index (χ1) is 14.1. The fourth-order valence-corrected chi connectivity index (χ4v) is 7.30. The Hall–Kier alpha value is -0.120. The zero-order valence-corrected chi connectivity index (χ0v) is 19.1. The highest BCUT2D eigenvalue weighted by Gasteiger charge is 2.30. The molecule has 0 bridgehead atoms. The van der Waals surface area contributed by atoms with Crippen LogP contribution in [0.4, 0.5) is 0 Å². The van der Waals surface area contributed by atoms with E-state index in [0.29, 0.717) is 6.04 Å². The average Bonchev–Trinajstić information content (AvgIpc) is 2.74. The molecule has 0 spiro atoms. The van der Waals surface area contributed by atoms with Crippen molar-refractivity contribution in [1.82, 2.24) is 5.32 Å². The second kappa shape index (κ2) is 11.0. The summed E-state index contributed by atoms with van der Waals surface area (Å²) in [5, 5.41) is 4.09. The minimum atomic E-state index is 0.505. The summed E-state index contributed by atoms with van der Waals surface area (Å²) in [6.07, 6.45) is 25.8. The van der Waals surface area contributed by atoms with Crippen LogP contribution in [0.15, 0.2) is 0 Å². The van der Waals surface area contributed by atoms with E-state index in [1.165, 1.54) is 116 Å². The normalized spacial score (nSPS) is 44.5. The van der Waals surface area contributed by atoms with Gasteiger partial charge in [0.15, 0.2) is 0 Å². The zero-order chi connectivity index (χ0) is 20.1. The molecule has 0 aromatic rings. The van der Waals surface area contributed by atoms with E-state index in [1.807, 2.05) is 0 Å². The SMILES string of the molecule is NC1CCC(CC2CCC(NC3CCC(CC4CCC([NH3+])CC4)CC3)CC2)CC1. The Morgan fingerprint density at radius 3 is 1.28 bits per heavy atom. The molecule has 0 amide bonds. The maximum Gasteiger partial charge on any atom is 0.0843 e. The molecule has 4 aliphatic carbocycles. The molecular weight excluding hydrogens is 354 g/mol. The van der Waals surface area contributed by atoms with Crippen molar-refractivity contribution in [2.75, 3.05) is 0 Å². The van der Waals surface area contributed by atoms with Crippen LogP contribution in [-0.4, -0.2) is 24.2 Å². The van der Waals surface area contributed by atoms with Gasteiger partial charge in [-0.25, -0.2) is 0 Å². The minimum absolute atomic E-state index is 0.505. The lowest BCUT2D eigenvalue weighted by Gasteiger charge is -2.37. The predicted molar refractivity (Wildman–Crippen MR) is 122 cm³/mol. The number of quaternary nitrogens is 1. The van der Waals surface area contributed by atoms with Crippen LogP contribution in [0, 0.1) is 23.7 Å². The Morgan fingerprint density at radius 2 is 0.862 bits per heavy atom. The standard InChI is InChI=1S/C26H49N3/c27-23-9-1-19(2-10-23)17-21-5-13-25(14-6-21)29-26-15-7-22(8-16-26)18-20-3-11-24(28)12-4-20/h19-26,29H,1-18,27-28H2/p+1. The van der Waals surface area contributed by atoms with E-state index in [1.54, 1.807) is 0 Å². The molecule has 4 rings (SSSR count). The van der Waals surface area contributed by atoms with E-state index in [4.69, 9.17) is 5.73 Å². The van der Waals surface area contributed by atoms with Gasteiger partial charge in [-0.05, 0) is 139 Å². The first-order valence-corrected chi connectivity index (χ1v) is 13.5. The smallest absolute Gasteiger partial charge is 0.0843 e. The van der Waals surface area contributed by atoms with Crippen molar-refractivity contribution in [3.05, 3.63) is 0 Å². The van der Waals surface area contributed by atoms with Crippen molar-refractivity contribution < 1.29 is 5.73 Å². The Morgan fingerprint density at radius 1 is 0.517 bits per heavy atom. The first kappa shape index (κ1) is 22.1. The molecule has 4 saturated carbocycles. The van der Waals surface area contributed by atoms with E-state index in [-0.39, 0.29) is 0 Å². The van der Waals surface area contributed by atoms with Crippen molar-refractivity contribution in [3.63, 3.8) is 0 Å². The van der Waals surface area contributed by atoms with Crippen LogP contribution in [-0.2, 0) is 0 Å². The van der Waals surface area contributed by atoms with Crippen LogP contribution in [0.3, 0.4) is 0 Å². The van der Waals surface area contributed by atoms with Crippen LogP contribution in [0.1, 0.15) is 116 Å². The molecule has 0 aromatic heterocycles. The van der Waals surface area contributed by atoms with Crippen LogP contribution in [0.2, 0.25) is 0 Å². The third kappa shape index (κ3) is 6.94. The summed E-state index contributed by atoms with van der Waals surface area (Å²) in [4.78, 5) is 0. The summed E-state index contributed by atoms with van der Waals surface area (Å²) in [6.45, 7) is 0. The van der Waals surface area contributed by atoms with Gasteiger partial charge in [-0.2, -0.15) is 0 Å². The summed E-state index contributed by atoms with van der Waals surface area (Å²) in [5.74, 6) is 4.05. The van der Waals surface area contributed by atoms with Crippen LogP contribution < -0.4 is 16.8 Å². The molecular formula is C26H50N3+. The highest BCUT2D eigenvalue weighted by molar-refractivity contribution is 4.86. The summed E-state index contributed by atoms with van der Waals surface area (Å²) in [6, 6.07) is 2.90. The zero-order valence-electron chi connectivity index (χ0n) is 19.1. The van der Waals surface area contributed by atoms with Gasteiger partial charge in [-0.1, -0.05) is 0 Å². The minimum Gasteiger partial charge on any atom is -0.355 e. The molecule has 3 heteroatoms. The third-order valence-electron chi connectivity index (χ3n) is 9.36. The largest absolute Gasteiger partial charge is 0.355 e. The summed E-state index contributed by atoms with van der Waals surface area (Å²) in [7, 11) is 0. The lowest BCUT2D eigenvalue weighted by atomic mass is 9.74. The Labute approximate surface area is 180 Å². The lowest BCUT2D eigenvalue weighted by Crippen LogP contribution is -2.61. The molecule has 6 N–H and O–H groups in total. The summed E-state index contributed by atoms with van der Waals surface area (Å²) < 4.78 is 0. The monoisotopic (exact) mass is 404 g/mol. The molecule has 0 saturated heterocycles. The second-order valence-electron chi connectivity index (χ2n) is 11.7. The molecule has 4 aliphatic rings. The predicted octanol–water partition coefficient (Wildman–Crippen LogP) is 4.79. The lowest BCUT2D eigenvalue weighted by molar-refractivity contribution is -0.426. The van der Waals surface area contributed by atoms with E-state index < -0.39 is 0 Å². The van der Waals surface area contributed by atoms with Gasteiger partial charge >= 0.3 is 0 Å². The quantitative estimate of drug-likeness (QED) is 0.596. The van der Waals surface area contributed by atoms with Crippen molar-refractivity contribution >= 4 is 0 Å². The fraction of sp³-hybridized carbons (Fsp3) is 1.00. The van der Waals surface area contributed by atoms with Crippen LogP contribution in [0.25, 0.3) is 0 Å². The number of nitrogens with two attached hydrogens (primary N) is 1. The molecule has 3 nitrogen and oxygen atoms in total. The van der Waals surface area contributed by atoms with E-state index in [0.717, 1.165) is 41.8 Å². The van der Waals surface area contributed by atoms with Gasteiger partial charge in [0.2, 0.25) is 0 Å². The second-order valence-corrected chi connectivity index (χ2v) is 11.7. The number of hydrogen-bond acceptors (Lipinski definition) is 2. The highest BCUT2D eigenvalue weighted by atomic mass is 15.0. The Bertz CT molecular complexity index is 407. The number of rotatable bonds is 6. The van der Waals surface area contributed by atoms with Crippen LogP contribution >= 0.6 is 0 Å². The van der Waals surface area contributed by atoms with Gasteiger partial charge in [0, 0.05) is 18.1 Å². The molecule has 0 unspecified atom stereocenters. The number of nitrogens with one attached hydrogen (secondary N) is 1. The van der Waals surface area contributed by atoms with Crippen molar-refractivity contribution in [3.8, 4) is 0 Å². The van der Waals surface area contributed by atoms with Gasteiger partial charge in [-0.3, -0.25) is 0 Å².